The van der Waals surface area contributed by atoms with Gasteiger partial charge in [-0.05, 0) is 146 Å². The molecule has 1 saturated carbocycles. The molecule has 1 heterocycles. The summed E-state index contributed by atoms with van der Waals surface area (Å²) in [5.74, 6) is 0.927. The van der Waals surface area contributed by atoms with E-state index >= 15 is 0 Å². The van der Waals surface area contributed by atoms with Crippen LogP contribution in [0, 0.1) is 5.92 Å². The molecule has 0 atom stereocenters. The highest BCUT2D eigenvalue weighted by molar-refractivity contribution is 6.63. The van der Waals surface area contributed by atoms with Crippen molar-refractivity contribution in [1.82, 2.24) is 0 Å². The Morgan fingerprint density at radius 1 is 0.600 bits per heavy atom. The minimum absolute atomic E-state index is 0.0285. The molecule has 1 aliphatic heterocycles. The normalized spacial score (nSPS) is 19.2. The highest BCUT2D eigenvalue weighted by Crippen LogP contribution is 2.47. The number of rotatable bonds is 5. The number of hydrogen-bond donors (Lipinski definition) is 0. The summed E-state index contributed by atoms with van der Waals surface area (Å²) in [6.45, 7) is 27.5. The molecule has 1 saturated heterocycles. The summed E-state index contributed by atoms with van der Waals surface area (Å²) in [6, 6.07) is 19.7. The smallest absolute Gasteiger partial charge is 0.399 e. The van der Waals surface area contributed by atoms with Gasteiger partial charge in [0.2, 0.25) is 0 Å². The minimum atomic E-state index is -0.406. The highest BCUT2D eigenvalue weighted by Gasteiger charge is 2.51. The van der Waals surface area contributed by atoms with E-state index in [2.05, 4.69) is 132 Å². The molecule has 45 heavy (non-hydrogen) atoms. The van der Waals surface area contributed by atoms with Crippen LogP contribution in [0.1, 0.15) is 125 Å². The number of hydrogen-bond acceptors (Lipinski definition) is 2. The molecule has 2 fully saturated rings. The van der Waals surface area contributed by atoms with Crippen LogP contribution in [-0.4, -0.2) is 18.3 Å². The van der Waals surface area contributed by atoms with Crippen molar-refractivity contribution in [3.8, 4) is 0 Å². The van der Waals surface area contributed by atoms with Gasteiger partial charge >= 0.3 is 7.12 Å². The predicted octanol–water partition coefficient (Wildman–Crippen LogP) is 11.1. The van der Waals surface area contributed by atoms with Crippen molar-refractivity contribution in [2.45, 2.75) is 136 Å². The topological polar surface area (TPSA) is 18.5 Å². The second-order valence-electron chi connectivity index (χ2n) is 18.3. The first kappa shape index (κ1) is 31.0. The summed E-state index contributed by atoms with van der Waals surface area (Å²) in [6.07, 6.45) is 5.35. The molecule has 0 radical (unpaired) electrons. The molecule has 236 valence electrons. The van der Waals surface area contributed by atoms with Gasteiger partial charge in [0.1, 0.15) is 0 Å². The number of benzene rings is 5. The van der Waals surface area contributed by atoms with Crippen LogP contribution in [-0.2, 0) is 25.6 Å². The van der Waals surface area contributed by atoms with E-state index < -0.39 is 18.3 Å². The molecule has 1 aliphatic carbocycles. The van der Waals surface area contributed by atoms with E-state index in [0.717, 1.165) is 11.4 Å². The van der Waals surface area contributed by atoms with Crippen LogP contribution in [0.25, 0.3) is 43.1 Å². The lowest BCUT2D eigenvalue weighted by Gasteiger charge is -2.32. The molecule has 2 nitrogen and oxygen atoms in total. The molecule has 0 spiro atoms. The van der Waals surface area contributed by atoms with Gasteiger partial charge < -0.3 is 9.31 Å². The van der Waals surface area contributed by atoms with Gasteiger partial charge in [0.25, 0.3) is 0 Å². The van der Waals surface area contributed by atoms with E-state index in [1.807, 2.05) is 0 Å². The Morgan fingerprint density at radius 2 is 1.02 bits per heavy atom. The first-order valence-corrected chi connectivity index (χ1v) is 17.4. The maximum atomic E-state index is 6.67. The highest BCUT2D eigenvalue weighted by atomic mass is 16.7. The predicted molar refractivity (Wildman–Crippen MR) is 196 cm³/mol. The molecular formula is C42H53BO2. The Labute approximate surface area is 271 Å². The summed E-state index contributed by atoms with van der Waals surface area (Å²) in [5, 5.41) is 10.8. The van der Waals surface area contributed by atoms with Gasteiger partial charge in [-0.25, -0.2) is 0 Å². The molecule has 7 rings (SSSR count). The molecule has 0 unspecified atom stereocenters. The van der Waals surface area contributed by atoms with Crippen molar-refractivity contribution in [1.29, 1.82) is 0 Å². The molecule has 5 aromatic carbocycles. The molecule has 0 amide bonds. The van der Waals surface area contributed by atoms with Crippen molar-refractivity contribution in [3.05, 3.63) is 65.2 Å². The van der Waals surface area contributed by atoms with Crippen LogP contribution >= 0.6 is 0 Å². The lowest BCUT2D eigenvalue weighted by atomic mass is 9.73. The Hall–Kier alpha value is -2.62. The van der Waals surface area contributed by atoms with Gasteiger partial charge in [-0.15, -0.1) is 0 Å². The average Bonchev–Trinajstić information content (AvgIpc) is 3.73. The van der Waals surface area contributed by atoms with Crippen LogP contribution in [0.3, 0.4) is 0 Å². The zero-order valence-corrected chi connectivity index (χ0v) is 29.9. The summed E-state index contributed by atoms with van der Waals surface area (Å²) < 4.78 is 13.3. The molecule has 2 aliphatic rings. The monoisotopic (exact) mass is 600 g/mol. The molecule has 0 bridgehead atoms. The van der Waals surface area contributed by atoms with Crippen LogP contribution in [0.4, 0.5) is 0 Å². The van der Waals surface area contributed by atoms with Crippen LogP contribution < -0.4 is 5.46 Å². The number of fused-ring (bicyclic) bond motifs is 2. The average molecular weight is 601 g/mol. The summed E-state index contributed by atoms with van der Waals surface area (Å²) >= 11 is 0. The standard InChI is InChI=1S/C42H53BO2/c1-38(2,3)28-17-26-18-29(39(4,5)6)22-33-35-24-31(43-44-41(9,10)42(11,12)45-43)20-27-19-30(40(7,8)16-15-25-13-14-25)23-34(37(27)35)32(21-28)36(26)33/h17-25H,13-16H2,1-12H3. The fourth-order valence-electron chi connectivity index (χ4n) is 7.39. The van der Waals surface area contributed by atoms with Crippen LogP contribution in [0.15, 0.2) is 48.5 Å². The van der Waals surface area contributed by atoms with Crippen molar-refractivity contribution in [2.75, 3.05) is 0 Å². The molecule has 0 aromatic heterocycles. The van der Waals surface area contributed by atoms with Gasteiger partial charge in [0, 0.05) is 0 Å². The van der Waals surface area contributed by atoms with E-state index in [9.17, 15) is 0 Å². The van der Waals surface area contributed by atoms with Gasteiger partial charge in [-0.1, -0.05) is 98.6 Å². The quantitative estimate of drug-likeness (QED) is 0.114. The maximum Gasteiger partial charge on any atom is 0.494 e. The van der Waals surface area contributed by atoms with Gasteiger partial charge in [-0.3, -0.25) is 0 Å². The zero-order chi connectivity index (χ0) is 32.5. The lowest BCUT2D eigenvalue weighted by Crippen LogP contribution is -2.41. The van der Waals surface area contributed by atoms with Crippen LogP contribution in [0.5, 0.6) is 0 Å². The van der Waals surface area contributed by atoms with Gasteiger partial charge in [-0.2, -0.15) is 0 Å². The third-order valence-electron chi connectivity index (χ3n) is 11.6. The van der Waals surface area contributed by atoms with Crippen molar-refractivity contribution >= 4 is 55.7 Å². The van der Waals surface area contributed by atoms with E-state index in [-0.39, 0.29) is 16.2 Å². The van der Waals surface area contributed by atoms with E-state index in [4.69, 9.17) is 9.31 Å². The fourth-order valence-corrected chi connectivity index (χ4v) is 7.39. The maximum absolute atomic E-state index is 6.67. The molecular weight excluding hydrogens is 547 g/mol. The SMILES string of the molecule is CC(C)(C)c1cc2cc(C(C)(C)C)cc3c4cc(C(C)(C)CCC5CC5)cc5cc(B6OC(C)(C)C(C)(C)O6)cc(c(c1)c23)c54. The van der Waals surface area contributed by atoms with Gasteiger partial charge in [0.05, 0.1) is 11.2 Å². The van der Waals surface area contributed by atoms with E-state index in [0.29, 0.717) is 0 Å². The summed E-state index contributed by atoms with van der Waals surface area (Å²) in [5.41, 5.74) is 4.69. The lowest BCUT2D eigenvalue weighted by molar-refractivity contribution is 0.00578. The van der Waals surface area contributed by atoms with Crippen molar-refractivity contribution in [3.63, 3.8) is 0 Å². The van der Waals surface area contributed by atoms with Crippen LogP contribution in [0.2, 0.25) is 0 Å². The Balaban J connectivity index is 1.60. The first-order chi connectivity index (χ1) is 20.7. The second-order valence-corrected chi connectivity index (χ2v) is 18.3. The van der Waals surface area contributed by atoms with E-state index in [1.54, 1.807) is 0 Å². The Morgan fingerprint density at radius 3 is 1.49 bits per heavy atom. The third-order valence-corrected chi connectivity index (χ3v) is 11.6. The summed E-state index contributed by atoms with van der Waals surface area (Å²) in [7, 11) is -0.406. The second kappa shape index (κ2) is 9.71. The zero-order valence-electron chi connectivity index (χ0n) is 29.9. The summed E-state index contributed by atoms with van der Waals surface area (Å²) in [4.78, 5) is 0. The molecule has 0 N–H and O–H groups in total. The Kier molecular flexibility index (Phi) is 6.69. The third kappa shape index (κ3) is 5.17. The fraction of sp³-hybridized carbons (Fsp3) is 0.524. The minimum Gasteiger partial charge on any atom is -0.399 e. The first-order valence-electron chi connectivity index (χ1n) is 17.4. The largest absolute Gasteiger partial charge is 0.494 e. The van der Waals surface area contributed by atoms with E-state index in [1.165, 1.54) is 85.5 Å². The Bertz CT molecular complexity index is 1940. The molecule has 5 aromatic rings. The molecule has 3 heteroatoms. The van der Waals surface area contributed by atoms with Gasteiger partial charge in [0.15, 0.2) is 0 Å². The van der Waals surface area contributed by atoms with Crippen molar-refractivity contribution in [2.24, 2.45) is 5.92 Å². The van der Waals surface area contributed by atoms with Crippen molar-refractivity contribution < 1.29 is 9.31 Å².